The molecule has 2 nitrogen and oxygen atoms in total. The third-order valence-corrected chi connectivity index (χ3v) is 7.46. The molecule has 3 unspecified atom stereocenters. The molecule has 0 bridgehead atoms. The molecule has 1 aromatic carbocycles. The lowest BCUT2D eigenvalue weighted by molar-refractivity contribution is 0.0450. The SMILES string of the molecule is CC1=Cc2ccccc2CN1CCCCCN1CC2CCCCC2CC1C. The third kappa shape index (κ3) is 4.59. The number of piperidine rings is 1. The van der Waals surface area contributed by atoms with Crippen LogP contribution in [0.15, 0.2) is 30.0 Å². The van der Waals surface area contributed by atoms with Crippen LogP contribution in [-0.4, -0.2) is 35.5 Å². The zero-order valence-corrected chi connectivity index (χ0v) is 17.5. The van der Waals surface area contributed by atoms with E-state index in [0.717, 1.165) is 24.4 Å². The van der Waals surface area contributed by atoms with Crippen LogP contribution in [0.3, 0.4) is 0 Å². The molecule has 0 spiro atoms. The molecule has 1 saturated heterocycles. The van der Waals surface area contributed by atoms with Gasteiger partial charge in [-0.05, 0) is 75.1 Å². The summed E-state index contributed by atoms with van der Waals surface area (Å²) in [5, 5.41) is 0. The van der Waals surface area contributed by atoms with Gasteiger partial charge in [-0.15, -0.1) is 0 Å². The highest BCUT2D eigenvalue weighted by atomic mass is 15.2. The smallest absolute Gasteiger partial charge is 0.0432 e. The van der Waals surface area contributed by atoms with Crippen LogP contribution in [0.2, 0.25) is 0 Å². The van der Waals surface area contributed by atoms with Gasteiger partial charge in [-0.3, -0.25) is 0 Å². The molecule has 2 aliphatic heterocycles. The van der Waals surface area contributed by atoms with Gasteiger partial charge in [0, 0.05) is 31.4 Å². The summed E-state index contributed by atoms with van der Waals surface area (Å²) >= 11 is 0. The van der Waals surface area contributed by atoms with Crippen molar-refractivity contribution in [3.63, 3.8) is 0 Å². The van der Waals surface area contributed by atoms with E-state index in [1.54, 1.807) is 0 Å². The van der Waals surface area contributed by atoms with Gasteiger partial charge in [0.25, 0.3) is 0 Å². The van der Waals surface area contributed by atoms with Gasteiger partial charge in [0.05, 0.1) is 0 Å². The predicted molar refractivity (Wildman–Crippen MR) is 115 cm³/mol. The van der Waals surface area contributed by atoms with Crippen LogP contribution < -0.4 is 0 Å². The molecule has 1 aliphatic carbocycles. The van der Waals surface area contributed by atoms with E-state index in [9.17, 15) is 0 Å². The molecule has 0 aromatic heterocycles. The Morgan fingerprint density at radius 1 is 0.963 bits per heavy atom. The first-order valence-corrected chi connectivity index (χ1v) is 11.5. The second-order valence-electron chi connectivity index (χ2n) is 9.35. The highest BCUT2D eigenvalue weighted by Gasteiger charge is 2.34. The summed E-state index contributed by atoms with van der Waals surface area (Å²) in [7, 11) is 0. The lowest BCUT2D eigenvalue weighted by Gasteiger charge is -2.45. The minimum Gasteiger partial charge on any atom is -0.371 e. The number of unbranched alkanes of at least 4 members (excludes halogenated alkanes) is 2. The number of nitrogens with zero attached hydrogens (tertiary/aromatic N) is 2. The molecule has 2 heterocycles. The van der Waals surface area contributed by atoms with Crippen LogP contribution in [0.25, 0.3) is 6.08 Å². The van der Waals surface area contributed by atoms with E-state index in [1.807, 2.05) is 0 Å². The maximum absolute atomic E-state index is 2.81. The van der Waals surface area contributed by atoms with Crippen LogP contribution in [0.4, 0.5) is 0 Å². The zero-order valence-electron chi connectivity index (χ0n) is 17.5. The van der Waals surface area contributed by atoms with Crippen molar-refractivity contribution >= 4 is 6.08 Å². The van der Waals surface area contributed by atoms with Gasteiger partial charge in [0.1, 0.15) is 0 Å². The van der Waals surface area contributed by atoms with Crippen LogP contribution in [0.1, 0.15) is 76.3 Å². The molecule has 148 valence electrons. The molecule has 4 rings (SSSR count). The monoisotopic (exact) mass is 366 g/mol. The van der Waals surface area contributed by atoms with Crippen molar-refractivity contribution < 1.29 is 0 Å². The normalized spacial score (nSPS) is 28.4. The Hall–Kier alpha value is -1.28. The Kier molecular flexibility index (Phi) is 6.22. The van der Waals surface area contributed by atoms with Crippen molar-refractivity contribution in [2.24, 2.45) is 11.8 Å². The fraction of sp³-hybridized carbons (Fsp3) is 0.680. The van der Waals surface area contributed by atoms with Gasteiger partial charge < -0.3 is 9.80 Å². The van der Waals surface area contributed by atoms with E-state index in [4.69, 9.17) is 0 Å². The maximum Gasteiger partial charge on any atom is 0.0432 e. The van der Waals surface area contributed by atoms with Gasteiger partial charge in [-0.25, -0.2) is 0 Å². The van der Waals surface area contributed by atoms with Crippen molar-refractivity contribution in [1.82, 2.24) is 9.80 Å². The van der Waals surface area contributed by atoms with Crippen molar-refractivity contribution in [3.8, 4) is 0 Å². The second kappa shape index (κ2) is 8.82. The average molecular weight is 367 g/mol. The number of hydrogen-bond acceptors (Lipinski definition) is 2. The van der Waals surface area contributed by atoms with Crippen molar-refractivity contribution in [3.05, 3.63) is 41.1 Å². The molecule has 1 saturated carbocycles. The Labute approximate surface area is 166 Å². The number of allylic oxidation sites excluding steroid dienone is 1. The first-order chi connectivity index (χ1) is 13.2. The summed E-state index contributed by atoms with van der Waals surface area (Å²) < 4.78 is 0. The molecule has 3 aliphatic rings. The Bertz CT molecular complexity index is 649. The maximum atomic E-state index is 2.81. The number of hydrogen-bond donors (Lipinski definition) is 0. The molecule has 27 heavy (non-hydrogen) atoms. The molecule has 0 radical (unpaired) electrons. The third-order valence-electron chi connectivity index (χ3n) is 7.46. The Balaban J connectivity index is 1.18. The molecule has 0 N–H and O–H groups in total. The lowest BCUT2D eigenvalue weighted by atomic mass is 9.73. The van der Waals surface area contributed by atoms with Crippen LogP contribution in [0.5, 0.6) is 0 Å². The highest BCUT2D eigenvalue weighted by molar-refractivity contribution is 5.58. The van der Waals surface area contributed by atoms with Gasteiger partial charge in [-0.1, -0.05) is 49.9 Å². The number of benzene rings is 1. The second-order valence-corrected chi connectivity index (χ2v) is 9.35. The van der Waals surface area contributed by atoms with Crippen molar-refractivity contribution in [2.75, 3.05) is 19.6 Å². The number of likely N-dealkylation sites (tertiary alicyclic amines) is 1. The van der Waals surface area contributed by atoms with Gasteiger partial charge in [0.15, 0.2) is 0 Å². The fourth-order valence-electron chi connectivity index (χ4n) is 5.73. The number of fused-ring (bicyclic) bond motifs is 2. The summed E-state index contributed by atoms with van der Waals surface area (Å²) in [6, 6.07) is 9.65. The van der Waals surface area contributed by atoms with E-state index in [1.165, 1.54) is 87.8 Å². The standard InChI is InChI=1S/C25H38N2/c1-20-16-22-10-4-6-12-24(22)18-26(20)14-8-3-9-15-27-19-25-13-7-5-11-23(25)17-21(27)2/h4,6,10,12,16,21,23,25H,3,5,7-9,11,13-15,17-19H2,1-2H3. The quantitative estimate of drug-likeness (QED) is 0.575. The summed E-state index contributed by atoms with van der Waals surface area (Å²) in [5.74, 6) is 2.05. The van der Waals surface area contributed by atoms with Crippen molar-refractivity contribution in [1.29, 1.82) is 0 Å². The molecular weight excluding hydrogens is 328 g/mol. The minimum atomic E-state index is 0.813. The largest absolute Gasteiger partial charge is 0.371 e. The first kappa shape index (κ1) is 19.1. The van der Waals surface area contributed by atoms with Gasteiger partial charge in [-0.2, -0.15) is 0 Å². The molecule has 2 fully saturated rings. The van der Waals surface area contributed by atoms with Gasteiger partial charge in [0.2, 0.25) is 0 Å². The van der Waals surface area contributed by atoms with E-state index in [2.05, 4.69) is 54.0 Å². The van der Waals surface area contributed by atoms with E-state index >= 15 is 0 Å². The van der Waals surface area contributed by atoms with Gasteiger partial charge >= 0.3 is 0 Å². The number of rotatable bonds is 6. The fourth-order valence-corrected chi connectivity index (χ4v) is 5.73. The van der Waals surface area contributed by atoms with Crippen LogP contribution >= 0.6 is 0 Å². The summed E-state index contributed by atoms with van der Waals surface area (Å²) in [5.41, 5.74) is 4.32. The highest BCUT2D eigenvalue weighted by Crippen LogP contribution is 2.38. The van der Waals surface area contributed by atoms with Crippen molar-refractivity contribution in [2.45, 2.75) is 77.8 Å². The summed E-state index contributed by atoms with van der Waals surface area (Å²) in [4.78, 5) is 5.38. The first-order valence-electron chi connectivity index (χ1n) is 11.5. The van der Waals surface area contributed by atoms with E-state index in [-0.39, 0.29) is 0 Å². The topological polar surface area (TPSA) is 6.48 Å². The summed E-state index contributed by atoms with van der Waals surface area (Å²) in [6.07, 6.45) is 13.8. The lowest BCUT2D eigenvalue weighted by Crippen LogP contribution is -2.47. The molecule has 1 aromatic rings. The van der Waals surface area contributed by atoms with E-state index in [0.29, 0.717) is 0 Å². The predicted octanol–water partition coefficient (Wildman–Crippen LogP) is 5.93. The molecule has 2 heteroatoms. The molecule has 3 atom stereocenters. The molecular formula is C25H38N2. The zero-order chi connectivity index (χ0) is 18.6. The Morgan fingerprint density at radius 3 is 2.63 bits per heavy atom. The summed E-state index contributed by atoms with van der Waals surface area (Å²) in [6.45, 7) is 9.75. The van der Waals surface area contributed by atoms with E-state index < -0.39 is 0 Å². The van der Waals surface area contributed by atoms with Crippen LogP contribution in [-0.2, 0) is 6.54 Å². The Morgan fingerprint density at radius 2 is 1.74 bits per heavy atom. The average Bonchev–Trinajstić information content (AvgIpc) is 2.68. The van der Waals surface area contributed by atoms with Crippen LogP contribution in [0, 0.1) is 11.8 Å². The minimum absolute atomic E-state index is 0.813. The molecule has 0 amide bonds.